The zero-order valence-corrected chi connectivity index (χ0v) is 11.4. The van der Waals surface area contributed by atoms with Crippen molar-refractivity contribution in [3.63, 3.8) is 0 Å². The smallest absolute Gasteiger partial charge is 0.0110 e. The Labute approximate surface area is 107 Å². The Kier molecular flexibility index (Phi) is 4.87. The van der Waals surface area contributed by atoms with Gasteiger partial charge in [0.2, 0.25) is 0 Å². The first-order chi connectivity index (χ1) is 8.27. The number of nitrogens with two attached hydrogens (primary N) is 2. The summed E-state index contributed by atoms with van der Waals surface area (Å²) in [6, 6.07) is 0.367. The van der Waals surface area contributed by atoms with Crippen LogP contribution < -0.4 is 11.5 Å². The van der Waals surface area contributed by atoms with Crippen molar-refractivity contribution in [1.29, 1.82) is 0 Å². The molecule has 0 aromatic rings. The highest BCUT2D eigenvalue weighted by atomic mass is 14.7. The van der Waals surface area contributed by atoms with Crippen LogP contribution in [0.1, 0.15) is 58.3 Å². The number of rotatable bonds is 5. The van der Waals surface area contributed by atoms with E-state index in [1.165, 1.54) is 51.4 Å². The van der Waals surface area contributed by atoms with Crippen molar-refractivity contribution in [2.24, 2.45) is 35.1 Å². The maximum atomic E-state index is 6.57. The molecule has 2 rings (SSSR count). The van der Waals surface area contributed by atoms with Crippen molar-refractivity contribution < 1.29 is 0 Å². The Morgan fingerprint density at radius 3 is 2.47 bits per heavy atom. The fraction of sp³-hybridized carbons (Fsp3) is 1.00. The van der Waals surface area contributed by atoms with Crippen molar-refractivity contribution in [2.45, 2.75) is 64.3 Å². The molecule has 5 atom stereocenters. The lowest BCUT2D eigenvalue weighted by molar-refractivity contribution is 0.128. The second-order valence-corrected chi connectivity index (χ2v) is 6.31. The Bertz CT molecular complexity index is 229. The third-order valence-corrected chi connectivity index (χ3v) is 5.38. The van der Waals surface area contributed by atoms with E-state index in [0.717, 1.165) is 24.3 Å². The summed E-state index contributed by atoms with van der Waals surface area (Å²) in [7, 11) is 0. The first kappa shape index (κ1) is 13.4. The van der Waals surface area contributed by atoms with Crippen LogP contribution in [-0.2, 0) is 0 Å². The van der Waals surface area contributed by atoms with Gasteiger partial charge in [-0.05, 0) is 49.5 Å². The lowest BCUT2D eigenvalue weighted by Crippen LogP contribution is -2.46. The predicted molar refractivity (Wildman–Crippen MR) is 73.6 cm³/mol. The Hall–Kier alpha value is -0.0800. The third kappa shape index (κ3) is 2.85. The molecule has 0 spiro atoms. The SMILES string of the molecule is CCCC(CN)C(N)C1CCC[C@H]2CCCC12. The molecule has 4 unspecified atom stereocenters. The topological polar surface area (TPSA) is 52.0 Å². The second kappa shape index (κ2) is 6.19. The van der Waals surface area contributed by atoms with Crippen molar-refractivity contribution >= 4 is 0 Å². The number of fused-ring (bicyclic) bond motifs is 1. The maximum absolute atomic E-state index is 6.57. The largest absolute Gasteiger partial charge is 0.330 e. The summed E-state index contributed by atoms with van der Waals surface area (Å²) < 4.78 is 0. The number of hydrogen-bond donors (Lipinski definition) is 2. The molecule has 0 heterocycles. The standard InChI is InChI=1S/C15H30N2/c1-2-5-12(10-16)15(17)14-9-4-7-11-6-3-8-13(11)14/h11-15H,2-10,16-17H2,1H3/t11-,12?,13?,14?,15?/m1/s1. The fourth-order valence-corrected chi connectivity index (χ4v) is 4.48. The third-order valence-electron chi connectivity index (χ3n) is 5.38. The van der Waals surface area contributed by atoms with Crippen molar-refractivity contribution in [3.05, 3.63) is 0 Å². The molecule has 17 heavy (non-hydrogen) atoms. The monoisotopic (exact) mass is 238 g/mol. The average molecular weight is 238 g/mol. The summed E-state index contributed by atoms with van der Waals surface area (Å²) in [6.45, 7) is 3.03. The van der Waals surface area contributed by atoms with Crippen LogP contribution >= 0.6 is 0 Å². The fourth-order valence-electron chi connectivity index (χ4n) is 4.48. The summed E-state index contributed by atoms with van der Waals surface area (Å²) in [4.78, 5) is 0. The van der Waals surface area contributed by atoms with E-state index in [1.54, 1.807) is 0 Å². The van der Waals surface area contributed by atoms with E-state index in [2.05, 4.69) is 6.92 Å². The van der Waals surface area contributed by atoms with E-state index >= 15 is 0 Å². The molecule has 2 saturated carbocycles. The molecule has 100 valence electrons. The average Bonchev–Trinajstić information content (AvgIpc) is 2.83. The molecule has 2 fully saturated rings. The van der Waals surface area contributed by atoms with Gasteiger partial charge in [-0.3, -0.25) is 0 Å². The molecule has 0 amide bonds. The Morgan fingerprint density at radius 1 is 1.12 bits per heavy atom. The van der Waals surface area contributed by atoms with Gasteiger partial charge in [-0.15, -0.1) is 0 Å². The number of hydrogen-bond acceptors (Lipinski definition) is 2. The molecule has 0 aromatic heterocycles. The molecule has 2 nitrogen and oxygen atoms in total. The lowest BCUT2D eigenvalue weighted by atomic mass is 9.68. The molecular weight excluding hydrogens is 208 g/mol. The zero-order valence-electron chi connectivity index (χ0n) is 11.4. The van der Waals surface area contributed by atoms with E-state index < -0.39 is 0 Å². The minimum atomic E-state index is 0.367. The van der Waals surface area contributed by atoms with Gasteiger partial charge >= 0.3 is 0 Å². The van der Waals surface area contributed by atoms with E-state index in [1.807, 2.05) is 0 Å². The molecule has 0 aliphatic heterocycles. The van der Waals surface area contributed by atoms with Crippen molar-refractivity contribution in [1.82, 2.24) is 0 Å². The van der Waals surface area contributed by atoms with Crippen molar-refractivity contribution in [3.8, 4) is 0 Å². The molecule has 0 saturated heterocycles. The highest BCUT2D eigenvalue weighted by Crippen LogP contribution is 2.47. The van der Waals surface area contributed by atoms with Crippen LogP contribution in [0.25, 0.3) is 0 Å². The quantitative estimate of drug-likeness (QED) is 0.774. The highest BCUT2D eigenvalue weighted by molar-refractivity contribution is 4.93. The Morgan fingerprint density at radius 2 is 1.82 bits per heavy atom. The van der Waals surface area contributed by atoms with E-state index in [-0.39, 0.29) is 0 Å². The van der Waals surface area contributed by atoms with Gasteiger partial charge in [0, 0.05) is 6.04 Å². The lowest BCUT2D eigenvalue weighted by Gasteiger charge is -2.40. The zero-order chi connectivity index (χ0) is 12.3. The van der Waals surface area contributed by atoms with Crippen LogP contribution in [0.4, 0.5) is 0 Å². The van der Waals surface area contributed by atoms with Gasteiger partial charge in [0.05, 0.1) is 0 Å². The normalized spacial score (nSPS) is 36.5. The molecular formula is C15H30N2. The predicted octanol–water partition coefficient (Wildman–Crippen LogP) is 2.91. The highest BCUT2D eigenvalue weighted by Gasteiger charge is 2.40. The van der Waals surface area contributed by atoms with Gasteiger partial charge in [-0.2, -0.15) is 0 Å². The molecule has 0 aromatic carbocycles. The minimum absolute atomic E-state index is 0.367. The molecule has 0 bridgehead atoms. The van der Waals surface area contributed by atoms with E-state index in [4.69, 9.17) is 11.5 Å². The maximum Gasteiger partial charge on any atom is 0.0110 e. The van der Waals surface area contributed by atoms with Gasteiger partial charge in [-0.25, -0.2) is 0 Å². The summed E-state index contributed by atoms with van der Waals surface area (Å²) in [6.07, 6.45) is 11.0. The summed E-state index contributed by atoms with van der Waals surface area (Å²) in [5, 5.41) is 0. The summed E-state index contributed by atoms with van der Waals surface area (Å²) >= 11 is 0. The van der Waals surface area contributed by atoms with Crippen LogP contribution in [0.2, 0.25) is 0 Å². The molecule has 2 heteroatoms. The van der Waals surface area contributed by atoms with E-state index in [9.17, 15) is 0 Å². The first-order valence-corrected chi connectivity index (χ1v) is 7.73. The van der Waals surface area contributed by atoms with Crippen LogP contribution in [0.5, 0.6) is 0 Å². The van der Waals surface area contributed by atoms with Crippen LogP contribution in [0, 0.1) is 23.7 Å². The second-order valence-electron chi connectivity index (χ2n) is 6.31. The van der Waals surface area contributed by atoms with Gasteiger partial charge < -0.3 is 11.5 Å². The first-order valence-electron chi connectivity index (χ1n) is 7.73. The van der Waals surface area contributed by atoms with Gasteiger partial charge in [0.25, 0.3) is 0 Å². The van der Waals surface area contributed by atoms with E-state index in [0.29, 0.717) is 12.0 Å². The van der Waals surface area contributed by atoms with Gasteiger partial charge in [0.1, 0.15) is 0 Å². The Balaban J connectivity index is 1.98. The molecule has 4 N–H and O–H groups in total. The molecule has 0 radical (unpaired) electrons. The van der Waals surface area contributed by atoms with Crippen LogP contribution in [0.3, 0.4) is 0 Å². The van der Waals surface area contributed by atoms with Crippen LogP contribution in [0.15, 0.2) is 0 Å². The van der Waals surface area contributed by atoms with Crippen LogP contribution in [-0.4, -0.2) is 12.6 Å². The summed E-state index contributed by atoms with van der Waals surface area (Å²) in [5.74, 6) is 3.27. The minimum Gasteiger partial charge on any atom is -0.330 e. The van der Waals surface area contributed by atoms with Gasteiger partial charge in [0.15, 0.2) is 0 Å². The molecule has 2 aliphatic carbocycles. The summed E-state index contributed by atoms with van der Waals surface area (Å²) in [5.41, 5.74) is 12.5. The van der Waals surface area contributed by atoms with Crippen molar-refractivity contribution in [2.75, 3.05) is 6.54 Å². The van der Waals surface area contributed by atoms with Gasteiger partial charge in [-0.1, -0.05) is 39.0 Å². The molecule has 2 aliphatic rings.